The van der Waals surface area contributed by atoms with Gasteiger partial charge in [-0.25, -0.2) is 0 Å². The molecule has 0 aliphatic carbocycles. The van der Waals surface area contributed by atoms with Crippen molar-refractivity contribution in [3.8, 4) is 0 Å². The number of ether oxygens (including phenoxy) is 1. The van der Waals surface area contributed by atoms with Crippen LogP contribution in [0.15, 0.2) is 24.3 Å². The highest BCUT2D eigenvalue weighted by Gasteiger charge is 2.18. The molecule has 0 heterocycles. The van der Waals surface area contributed by atoms with E-state index in [1.807, 2.05) is 6.08 Å². The van der Waals surface area contributed by atoms with Gasteiger partial charge in [0.1, 0.15) is 0 Å². The normalized spacial score (nSPS) is 12.6. The third-order valence-electron chi connectivity index (χ3n) is 17.0. The highest BCUT2D eigenvalue weighted by atomic mass is 16.5. The molecule has 79 heavy (non-hydrogen) atoms. The van der Waals surface area contributed by atoms with Crippen molar-refractivity contribution in [1.29, 1.82) is 0 Å². The number of allylic oxidation sites excluding steroid dienone is 3. The Kier molecular flexibility index (Phi) is 67.4. The van der Waals surface area contributed by atoms with Crippen LogP contribution in [-0.4, -0.2) is 47.4 Å². The number of esters is 1. The molecule has 0 saturated carbocycles. The summed E-state index contributed by atoms with van der Waals surface area (Å²) in [6.07, 6.45) is 87.0. The van der Waals surface area contributed by atoms with E-state index >= 15 is 0 Å². The predicted molar refractivity (Wildman–Crippen MR) is 347 cm³/mol. The van der Waals surface area contributed by atoms with E-state index in [0.29, 0.717) is 19.4 Å². The van der Waals surface area contributed by atoms with E-state index < -0.39 is 12.1 Å². The Balaban J connectivity index is 3.37. The van der Waals surface area contributed by atoms with Crippen molar-refractivity contribution < 1.29 is 24.5 Å². The third kappa shape index (κ3) is 65.4. The number of nitrogens with one attached hydrogen (secondary N) is 1. The Bertz CT molecular complexity index is 1230. The van der Waals surface area contributed by atoms with E-state index in [0.717, 1.165) is 44.9 Å². The standard InChI is InChI=1S/C73H141NO5/c1-3-5-7-9-11-13-15-17-18-19-20-30-33-36-39-42-45-49-53-57-61-65-71(76)70(69-75)74-72(77)66-62-58-54-50-46-43-40-37-34-31-28-26-24-22-21-23-25-27-29-32-35-38-41-44-48-52-56-60-64-68-79-73(78)67-63-59-55-51-47-16-14-12-10-8-6-4-2/h12,14,61,65,70-71,75-76H,3-11,13,15-60,62-64,66-69H2,1-2H3,(H,74,77)/b14-12-,65-61+. The molecule has 0 aliphatic heterocycles. The van der Waals surface area contributed by atoms with Gasteiger partial charge in [-0.3, -0.25) is 9.59 Å². The Morgan fingerprint density at radius 2 is 0.595 bits per heavy atom. The van der Waals surface area contributed by atoms with Crippen LogP contribution in [0.2, 0.25) is 0 Å². The number of aliphatic hydroxyl groups is 2. The Labute approximate surface area is 494 Å². The van der Waals surface area contributed by atoms with Crippen molar-refractivity contribution in [3.63, 3.8) is 0 Å². The quantitative estimate of drug-likeness (QED) is 0.0320. The zero-order valence-corrected chi connectivity index (χ0v) is 53.6. The number of rotatable bonds is 68. The van der Waals surface area contributed by atoms with Crippen LogP contribution in [0.1, 0.15) is 406 Å². The number of amides is 1. The summed E-state index contributed by atoms with van der Waals surface area (Å²) < 4.78 is 5.48. The molecule has 0 rings (SSSR count). The van der Waals surface area contributed by atoms with Crippen LogP contribution in [0.4, 0.5) is 0 Å². The molecule has 6 heteroatoms. The molecule has 3 N–H and O–H groups in total. The van der Waals surface area contributed by atoms with Crippen molar-refractivity contribution >= 4 is 11.9 Å². The second kappa shape index (κ2) is 68.8. The molecule has 0 fully saturated rings. The minimum Gasteiger partial charge on any atom is -0.466 e. The van der Waals surface area contributed by atoms with Gasteiger partial charge in [-0.05, 0) is 57.8 Å². The summed E-state index contributed by atoms with van der Waals surface area (Å²) in [5, 5.41) is 23.3. The molecule has 0 aliphatic rings. The van der Waals surface area contributed by atoms with Gasteiger partial charge in [0.05, 0.1) is 25.4 Å². The number of unbranched alkanes of at least 4 members (excludes halogenated alkanes) is 55. The van der Waals surface area contributed by atoms with Crippen LogP contribution in [0, 0.1) is 0 Å². The van der Waals surface area contributed by atoms with Gasteiger partial charge in [0.15, 0.2) is 0 Å². The second-order valence-corrected chi connectivity index (χ2v) is 24.9. The van der Waals surface area contributed by atoms with Crippen molar-refractivity contribution in [3.05, 3.63) is 24.3 Å². The molecule has 2 atom stereocenters. The molecule has 0 aromatic carbocycles. The van der Waals surface area contributed by atoms with Crippen molar-refractivity contribution in [2.75, 3.05) is 13.2 Å². The largest absolute Gasteiger partial charge is 0.466 e. The lowest BCUT2D eigenvalue weighted by Crippen LogP contribution is -2.45. The summed E-state index contributed by atoms with van der Waals surface area (Å²) in [7, 11) is 0. The van der Waals surface area contributed by atoms with Crippen LogP contribution in [0.25, 0.3) is 0 Å². The first kappa shape index (κ1) is 77.3. The van der Waals surface area contributed by atoms with E-state index in [4.69, 9.17) is 4.74 Å². The van der Waals surface area contributed by atoms with Crippen LogP contribution in [0.5, 0.6) is 0 Å². The van der Waals surface area contributed by atoms with E-state index in [2.05, 4.69) is 31.3 Å². The van der Waals surface area contributed by atoms with Crippen molar-refractivity contribution in [2.24, 2.45) is 0 Å². The highest BCUT2D eigenvalue weighted by Crippen LogP contribution is 2.19. The first-order valence-corrected chi connectivity index (χ1v) is 36.1. The number of aliphatic hydroxyl groups excluding tert-OH is 2. The average Bonchev–Trinajstić information content (AvgIpc) is 3.45. The molecule has 0 radical (unpaired) electrons. The molecule has 6 nitrogen and oxygen atoms in total. The van der Waals surface area contributed by atoms with Gasteiger partial charge in [0, 0.05) is 12.8 Å². The lowest BCUT2D eigenvalue weighted by molar-refractivity contribution is -0.143. The van der Waals surface area contributed by atoms with Crippen LogP contribution < -0.4 is 5.32 Å². The Hall–Kier alpha value is -1.66. The molecular weight excluding hydrogens is 971 g/mol. The monoisotopic (exact) mass is 1110 g/mol. The van der Waals surface area contributed by atoms with E-state index in [1.54, 1.807) is 6.08 Å². The summed E-state index contributed by atoms with van der Waals surface area (Å²) in [6, 6.07) is -0.626. The molecule has 0 saturated heterocycles. The number of hydrogen-bond acceptors (Lipinski definition) is 5. The summed E-state index contributed by atoms with van der Waals surface area (Å²) in [5.41, 5.74) is 0. The fourth-order valence-corrected chi connectivity index (χ4v) is 11.5. The molecular formula is C73H141NO5. The van der Waals surface area contributed by atoms with Gasteiger partial charge in [-0.15, -0.1) is 0 Å². The SMILES string of the molecule is CCCCC/C=C\CCCCCCCC(=O)OCCCCCCCCCCCCCCCCCCCCCCCCCCCCCCCC(=O)NC(CO)C(O)/C=C/CCCCCCCCCCCCCCCCCCCCC. The van der Waals surface area contributed by atoms with Crippen molar-refractivity contribution in [1.82, 2.24) is 5.32 Å². The van der Waals surface area contributed by atoms with Gasteiger partial charge in [-0.1, -0.05) is 359 Å². The first-order valence-electron chi connectivity index (χ1n) is 36.1. The van der Waals surface area contributed by atoms with Gasteiger partial charge < -0.3 is 20.3 Å². The van der Waals surface area contributed by atoms with Crippen LogP contribution >= 0.6 is 0 Å². The highest BCUT2D eigenvalue weighted by molar-refractivity contribution is 5.76. The smallest absolute Gasteiger partial charge is 0.305 e. The molecule has 1 amide bonds. The van der Waals surface area contributed by atoms with Crippen LogP contribution in [0.3, 0.4) is 0 Å². The summed E-state index contributed by atoms with van der Waals surface area (Å²) in [5.74, 6) is -0.0505. The van der Waals surface area contributed by atoms with E-state index in [-0.39, 0.29) is 18.5 Å². The Morgan fingerprint density at radius 3 is 0.924 bits per heavy atom. The van der Waals surface area contributed by atoms with Gasteiger partial charge in [0.25, 0.3) is 0 Å². The van der Waals surface area contributed by atoms with Gasteiger partial charge in [-0.2, -0.15) is 0 Å². The topological polar surface area (TPSA) is 95.9 Å². The molecule has 0 aromatic rings. The molecule has 2 unspecified atom stereocenters. The number of carbonyl (C=O) groups excluding carboxylic acids is 2. The first-order chi connectivity index (χ1) is 39.0. The van der Waals surface area contributed by atoms with Crippen LogP contribution in [-0.2, 0) is 14.3 Å². The molecule has 0 bridgehead atoms. The summed E-state index contributed by atoms with van der Waals surface area (Å²) in [6.45, 7) is 4.92. The maximum Gasteiger partial charge on any atom is 0.305 e. The molecule has 468 valence electrons. The number of carbonyl (C=O) groups is 2. The molecule has 0 spiro atoms. The average molecular weight is 1110 g/mol. The fraction of sp³-hybridized carbons (Fsp3) is 0.918. The van der Waals surface area contributed by atoms with E-state index in [9.17, 15) is 19.8 Å². The predicted octanol–water partition coefficient (Wildman–Crippen LogP) is 23.3. The molecule has 0 aromatic heterocycles. The second-order valence-electron chi connectivity index (χ2n) is 24.9. The minimum absolute atomic E-state index is 0.00965. The lowest BCUT2D eigenvalue weighted by Gasteiger charge is -2.20. The maximum absolute atomic E-state index is 12.5. The van der Waals surface area contributed by atoms with Gasteiger partial charge >= 0.3 is 5.97 Å². The minimum atomic E-state index is -0.843. The third-order valence-corrected chi connectivity index (χ3v) is 17.0. The number of hydrogen-bond donors (Lipinski definition) is 3. The summed E-state index contributed by atoms with van der Waals surface area (Å²) in [4.78, 5) is 24.6. The zero-order chi connectivity index (χ0) is 57.1. The lowest BCUT2D eigenvalue weighted by atomic mass is 10.0. The fourth-order valence-electron chi connectivity index (χ4n) is 11.5. The maximum atomic E-state index is 12.5. The Morgan fingerprint density at radius 1 is 0.342 bits per heavy atom. The van der Waals surface area contributed by atoms with Gasteiger partial charge in [0.2, 0.25) is 5.91 Å². The van der Waals surface area contributed by atoms with Crippen molar-refractivity contribution in [2.45, 2.75) is 418 Å². The van der Waals surface area contributed by atoms with E-state index in [1.165, 1.54) is 334 Å². The summed E-state index contributed by atoms with van der Waals surface area (Å²) >= 11 is 0. The zero-order valence-electron chi connectivity index (χ0n) is 53.6.